The summed E-state index contributed by atoms with van der Waals surface area (Å²) in [4.78, 5) is 0. The molecule has 0 aliphatic rings. The molecule has 0 rings (SSSR count). The molecule has 0 fully saturated rings. The van der Waals surface area contributed by atoms with Crippen LogP contribution in [0.4, 0.5) is 0 Å². The summed E-state index contributed by atoms with van der Waals surface area (Å²) in [5.74, 6) is 0.974. The summed E-state index contributed by atoms with van der Waals surface area (Å²) in [6, 6.07) is 0. The van der Waals surface area contributed by atoms with Crippen LogP contribution in [-0.4, -0.2) is 0 Å². The zero-order valence-electron chi connectivity index (χ0n) is 13.2. The standard InChI is InChI=1S/C18H36/c1-4-7-9-11-13-15-17-18(6-3)16-14-12-10-8-5-2/h10,12,18H,4-9,11,13-17H2,1-3H3. The molecule has 0 amide bonds. The molecule has 0 nitrogen and oxygen atoms in total. The SMILES string of the molecule is CCCC=CCCC(CC)CCCCCCCC. The highest BCUT2D eigenvalue weighted by Gasteiger charge is 2.04. The van der Waals surface area contributed by atoms with Gasteiger partial charge in [-0.1, -0.05) is 90.7 Å². The van der Waals surface area contributed by atoms with Crippen LogP contribution in [0.3, 0.4) is 0 Å². The van der Waals surface area contributed by atoms with Crippen molar-refractivity contribution in [1.82, 2.24) is 0 Å². The Kier molecular flexibility index (Phi) is 14.6. The zero-order valence-corrected chi connectivity index (χ0v) is 13.2. The van der Waals surface area contributed by atoms with Gasteiger partial charge in [-0.25, -0.2) is 0 Å². The topological polar surface area (TPSA) is 0 Å². The van der Waals surface area contributed by atoms with E-state index in [0.29, 0.717) is 0 Å². The molecule has 0 heterocycles. The third-order valence-corrected chi connectivity index (χ3v) is 3.91. The van der Waals surface area contributed by atoms with Crippen LogP contribution in [0.15, 0.2) is 12.2 Å². The van der Waals surface area contributed by atoms with E-state index >= 15 is 0 Å². The molecule has 0 aromatic heterocycles. The lowest BCUT2D eigenvalue weighted by molar-refractivity contribution is 0.414. The van der Waals surface area contributed by atoms with Crippen LogP contribution in [0.25, 0.3) is 0 Å². The minimum atomic E-state index is 0.974. The van der Waals surface area contributed by atoms with Crippen LogP contribution in [-0.2, 0) is 0 Å². The van der Waals surface area contributed by atoms with Gasteiger partial charge in [-0.15, -0.1) is 0 Å². The van der Waals surface area contributed by atoms with Crippen molar-refractivity contribution < 1.29 is 0 Å². The molecule has 0 aromatic carbocycles. The van der Waals surface area contributed by atoms with Gasteiger partial charge in [0.1, 0.15) is 0 Å². The van der Waals surface area contributed by atoms with Crippen LogP contribution in [0.2, 0.25) is 0 Å². The van der Waals surface area contributed by atoms with E-state index in [2.05, 4.69) is 32.9 Å². The van der Waals surface area contributed by atoms with Crippen LogP contribution < -0.4 is 0 Å². The largest absolute Gasteiger partial charge is 0.0885 e. The van der Waals surface area contributed by atoms with Crippen molar-refractivity contribution >= 4 is 0 Å². The summed E-state index contributed by atoms with van der Waals surface area (Å²) in [5, 5.41) is 0. The highest BCUT2D eigenvalue weighted by Crippen LogP contribution is 2.20. The van der Waals surface area contributed by atoms with E-state index < -0.39 is 0 Å². The van der Waals surface area contributed by atoms with E-state index in [4.69, 9.17) is 0 Å². The van der Waals surface area contributed by atoms with Crippen LogP contribution in [0.5, 0.6) is 0 Å². The van der Waals surface area contributed by atoms with Crippen molar-refractivity contribution in [3.8, 4) is 0 Å². The second kappa shape index (κ2) is 14.8. The van der Waals surface area contributed by atoms with Crippen molar-refractivity contribution in [1.29, 1.82) is 0 Å². The Balaban J connectivity index is 3.40. The fourth-order valence-electron chi connectivity index (χ4n) is 2.50. The van der Waals surface area contributed by atoms with Crippen molar-refractivity contribution in [2.75, 3.05) is 0 Å². The zero-order chi connectivity index (χ0) is 13.5. The Morgan fingerprint density at radius 1 is 0.667 bits per heavy atom. The van der Waals surface area contributed by atoms with Crippen LogP contribution >= 0.6 is 0 Å². The summed E-state index contributed by atoms with van der Waals surface area (Å²) in [5.41, 5.74) is 0. The third kappa shape index (κ3) is 12.2. The van der Waals surface area contributed by atoms with E-state index in [1.807, 2.05) is 0 Å². The van der Waals surface area contributed by atoms with E-state index in [-0.39, 0.29) is 0 Å². The molecule has 0 bridgehead atoms. The molecule has 0 aromatic rings. The number of allylic oxidation sites excluding steroid dienone is 2. The van der Waals surface area contributed by atoms with E-state index in [0.717, 1.165) is 5.92 Å². The minimum Gasteiger partial charge on any atom is -0.0885 e. The second-order valence-electron chi connectivity index (χ2n) is 5.67. The lowest BCUT2D eigenvalue weighted by atomic mass is 9.93. The molecule has 108 valence electrons. The molecule has 1 atom stereocenters. The lowest BCUT2D eigenvalue weighted by Crippen LogP contribution is -1.98. The third-order valence-electron chi connectivity index (χ3n) is 3.91. The summed E-state index contributed by atoms with van der Waals surface area (Å²) >= 11 is 0. The molecule has 0 aliphatic carbocycles. The van der Waals surface area contributed by atoms with Crippen molar-refractivity contribution in [3.63, 3.8) is 0 Å². The highest BCUT2D eigenvalue weighted by atomic mass is 14.1. The van der Waals surface area contributed by atoms with Gasteiger partial charge in [0.25, 0.3) is 0 Å². The number of hydrogen-bond acceptors (Lipinski definition) is 0. The van der Waals surface area contributed by atoms with Crippen LogP contribution in [0, 0.1) is 5.92 Å². The van der Waals surface area contributed by atoms with Gasteiger partial charge < -0.3 is 0 Å². The first-order valence-electron chi connectivity index (χ1n) is 8.50. The first kappa shape index (κ1) is 17.7. The molecule has 0 radical (unpaired) electrons. The fraction of sp³-hybridized carbons (Fsp3) is 0.889. The molecule has 0 saturated carbocycles. The smallest absolute Gasteiger partial charge is 0.0348 e. The summed E-state index contributed by atoms with van der Waals surface area (Å²) in [6.45, 7) is 6.90. The Morgan fingerprint density at radius 2 is 1.33 bits per heavy atom. The first-order chi connectivity index (χ1) is 8.85. The second-order valence-corrected chi connectivity index (χ2v) is 5.67. The number of hydrogen-bond donors (Lipinski definition) is 0. The van der Waals surface area contributed by atoms with E-state index in [1.165, 1.54) is 77.0 Å². The predicted octanol–water partition coefficient (Wildman–Crippen LogP) is 6.90. The fourth-order valence-corrected chi connectivity index (χ4v) is 2.50. The molecule has 1 unspecified atom stereocenters. The maximum Gasteiger partial charge on any atom is -0.0348 e. The summed E-state index contributed by atoms with van der Waals surface area (Å²) < 4.78 is 0. The molecule has 0 heteroatoms. The Labute approximate surface area is 116 Å². The number of rotatable bonds is 13. The van der Waals surface area contributed by atoms with Gasteiger partial charge in [0.2, 0.25) is 0 Å². The Morgan fingerprint density at radius 3 is 2.00 bits per heavy atom. The average molecular weight is 252 g/mol. The monoisotopic (exact) mass is 252 g/mol. The lowest BCUT2D eigenvalue weighted by Gasteiger charge is -2.13. The van der Waals surface area contributed by atoms with Crippen molar-refractivity contribution in [2.45, 2.75) is 97.8 Å². The van der Waals surface area contributed by atoms with Gasteiger partial charge in [-0.05, 0) is 25.2 Å². The molecule has 0 saturated heterocycles. The normalized spacial score (nSPS) is 13.3. The van der Waals surface area contributed by atoms with Crippen LogP contribution in [0.1, 0.15) is 97.8 Å². The maximum absolute atomic E-state index is 2.40. The van der Waals surface area contributed by atoms with Gasteiger partial charge in [0, 0.05) is 0 Å². The highest BCUT2D eigenvalue weighted by molar-refractivity contribution is 4.81. The molecular formula is C18H36. The predicted molar refractivity (Wildman–Crippen MR) is 85.1 cm³/mol. The molecule has 0 spiro atoms. The van der Waals surface area contributed by atoms with Gasteiger partial charge in [-0.2, -0.15) is 0 Å². The Hall–Kier alpha value is -0.260. The van der Waals surface area contributed by atoms with Gasteiger partial charge >= 0.3 is 0 Å². The quantitative estimate of drug-likeness (QED) is 0.247. The molecular weight excluding hydrogens is 216 g/mol. The molecule has 18 heavy (non-hydrogen) atoms. The van der Waals surface area contributed by atoms with Gasteiger partial charge in [-0.3, -0.25) is 0 Å². The van der Waals surface area contributed by atoms with E-state index in [9.17, 15) is 0 Å². The number of unbranched alkanes of at least 4 members (excludes halogenated alkanes) is 6. The summed E-state index contributed by atoms with van der Waals surface area (Å²) in [7, 11) is 0. The Bertz CT molecular complexity index is 169. The molecule has 0 aliphatic heterocycles. The first-order valence-corrected chi connectivity index (χ1v) is 8.50. The van der Waals surface area contributed by atoms with Gasteiger partial charge in [0.15, 0.2) is 0 Å². The minimum absolute atomic E-state index is 0.974. The molecule has 0 N–H and O–H groups in total. The van der Waals surface area contributed by atoms with E-state index in [1.54, 1.807) is 0 Å². The van der Waals surface area contributed by atoms with Crippen molar-refractivity contribution in [2.24, 2.45) is 5.92 Å². The maximum atomic E-state index is 2.40. The average Bonchev–Trinajstić information content (AvgIpc) is 2.40. The van der Waals surface area contributed by atoms with Crippen molar-refractivity contribution in [3.05, 3.63) is 12.2 Å². The summed E-state index contributed by atoms with van der Waals surface area (Å²) in [6.07, 6.45) is 21.5. The van der Waals surface area contributed by atoms with Gasteiger partial charge in [0.05, 0.1) is 0 Å².